The van der Waals surface area contributed by atoms with Crippen LogP contribution in [0, 0.1) is 0 Å². The maximum Gasteiger partial charge on any atom is 0.233 e. The lowest BCUT2D eigenvalue weighted by Gasteiger charge is -2.14. The molecule has 1 atom stereocenters. The Morgan fingerprint density at radius 1 is 1.33 bits per heavy atom. The van der Waals surface area contributed by atoms with Crippen LogP contribution in [0.3, 0.4) is 0 Å². The van der Waals surface area contributed by atoms with Crippen molar-refractivity contribution < 1.29 is 4.79 Å². The number of thiazole rings is 1. The van der Waals surface area contributed by atoms with Gasteiger partial charge in [-0.1, -0.05) is 35.9 Å². The molecule has 0 bridgehead atoms. The van der Waals surface area contributed by atoms with E-state index in [4.69, 9.17) is 11.6 Å². The molecule has 0 saturated heterocycles. The van der Waals surface area contributed by atoms with E-state index in [-0.39, 0.29) is 11.8 Å². The lowest BCUT2D eigenvalue weighted by atomic mass is 9.97. The van der Waals surface area contributed by atoms with Gasteiger partial charge in [0, 0.05) is 25.0 Å². The van der Waals surface area contributed by atoms with Gasteiger partial charge in [0.05, 0.1) is 24.0 Å². The molecule has 6 nitrogen and oxygen atoms in total. The summed E-state index contributed by atoms with van der Waals surface area (Å²) in [4.78, 5) is 21.0. The largest absolute Gasteiger partial charge is 0.301 e. The molecular formula is C16H16ClN5OS. The third-order valence-corrected chi connectivity index (χ3v) is 4.65. The lowest BCUT2D eigenvalue weighted by molar-refractivity contribution is -0.117. The van der Waals surface area contributed by atoms with Crippen LogP contribution >= 0.6 is 22.9 Å². The number of rotatable bonds is 5. The average Bonchev–Trinajstić information content (AvgIpc) is 3.17. The Kier molecular flexibility index (Phi) is 4.92. The van der Waals surface area contributed by atoms with Gasteiger partial charge in [-0.25, -0.2) is 4.98 Å². The molecular weight excluding hydrogens is 346 g/mol. The highest BCUT2D eigenvalue weighted by Gasteiger charge is 2.20. The second-order valence-electron chi connectivity index (χ2n) is 5.30. The average molecular weight is 362 g/mol. The monoisotopic (exact) mass is 361 g/mol. The van der Waals surface area contributed by atoms with Crippen LogP contribution in [0.5, 0.6) is 0 Å². The first-order valence-corrected chi connectivity index (χ1v) is 8.63. The summed E-state index contributed by atoms with van der Waals surface area (Å²) in [5, 5.41) is 7.45. The molecule has 124 valence electrons. The van der Waals surface area contributed by atoms with Gasteiger partial charge < -0.3 is 5.32 Å². The van der Waals surface area contributed by atoms with Gasteiger partial charge in [0.1, 0.15) is 4.34 Å². The lowest BCUT2D eigenvalue weighted by Crippen LogP contribution is -2.20. The van der Waals surface area contributed by atoms with Crippen molar-refractivity contribution in [2.75, 3.05) is 5.32 Å². The number of carbonyl (C=O) groups excluding carboxylic acids is 1. The van der Waals surface area contributed by atoms with Crippen LogP contribution < -0.4 is 5.32 Å². The predicted molar refractivity (Wildman–Crippen MR) is 95.2 cm³/mol. The topological polar surface area (TPSA) is 72.7 Å². The van der Waals surface area contributed by atoms with E-state index < -0.39 is 0 Å². The van der Waals surface area contributed by atoms with Gasteiger partial charge in [-0.05, 0) is 18.1 Å². The predicted octanol–water partition coefficient (Wildman–Crippen LogP) is 3.72. The van der Waals surface area contributed by atoms with Gasteiger partial charge in [0.15, 0.2) is 5.13 Å². The number of halogens is 1. The van der Waals surface area contributed by atoms with Crippen molar-refractivity contribution in [1.29, 1.82) is 0 Å². The highest BCUT2D eigenvalue weighted by atomic mass is 35.5. The number of nitrogens with one attached hydrogen (secondary N) is 1. The van der Waals surface area contributed by atoms with Crippen LogP contribution in [0.25, 0.3) is 11.3 Å². The number of carbonyl (C=O) groups is 1. The first-order chi connectivity index (χ1) is 11.6. The molecule has 0 aliphatic heterocycles. The molecule has 3 heterocycles. The minimum absolute atomic E-state index is 0.112. The standard InChI is InChI=1S/C16H16ClN5OS/c1-3-12(15(23)21-16-19-8-14(17)24-16)10-4-5-13(18-6-10)11-7-20-22(2)9-11/h4-9,12H,3H2,1-2H3,(H,19,21,23). The van der Waals surface area contributed by atoms with Crippen LogP contribution in [0.1, 0.15) is 24.8 Å². The molecule has 0 saturated carbocycles. The summed E-state index contributed by atoms with van der Waals surface area (Å²) >= 11 is 7.08. The third kappa shape index (κ3) is 3.63. The van der Waals surface area contributed by atoms with Gasteiger partial charge in [-0.2, -0.15) is 5.10 Å². The minimum Gasteiger partial charge on any atom is -0.301 e. The second-order valence-corrected chi connectivity index (χ2v) is 6.96. The summed E-state index contributed by atoms with van der Waals surface area (Å²) in [5.74, 6) is -0.400. The van der Waals surface area contributed by atoms with Gasteiger partial charge in [-0.3, -0.25) is 14.5 Å². The smallest absolute Gasteiger partial charge is 0.233 e. The van der Waals surface area contributed by atoms with E-state index >= 15 is 0 Å². The van der Waals surface area contributed by atoms with E-state index in [2.05, 4.69) is 20.4 Å². The van der Waals surface area contributed by atoms with Crippen molar-refractivity contribution in [3.8, 4) is 11.3 Å². The summed E-state index contributed by atoms with van der Waals surface area (Å²) < 4.78 is 2.27. The summed E-state index contributed by atoms with van der Waals surface area (Å²) in [5.41, 5.74) is 2.64. The van der Waals surface area contributed by atoms with Crippen molar-refractivity contribution in [1.82, 2.24) is 19.7 Å². The SMILES string of the molecule is CCC(C(=O)Nc1ncc(Cl)s1)c1ccc(-c2cnn(C)c2)nc1. The van der Waals surface area contributed by atoms with Crippen LogP contribution in [0.15, 0.2) is 36.9 Å². The first-order valence-electron chi connectivity index (χ1n) is 7.44. The molecule has 0 radical (unpaired) electrons. The molecule has 0 aromatic carbocycles. The Morgan fingerprint density at radius 3 is 2.71 bits per heavy atom. The summed E-state index contributed by atoms with van der Waals surface area (Å²) in [6, 6.07) is 3.83. The van der Waals surface area contributed by atoms with Crippen molar-refractivity contribution in [3.63, 3.8) is 0 Å². The second kappa shape index (κ2) is 7.11. The van der Waals surface area contributed by atoms with Gasteiger partial charge >= 0.3 is 0 Å². The van der Waals surface area contributed by atoms with Crippen molar-refractivity contribution in [3.05, 3.63) is 46.8 Å². The number of aryl methyl sites for hydroxylation is 1. The van der Waals surface area contributed by atoms with Crippen LogP contribution in [-0.2, 0) is 11.8 Å². The molecule has 1 unspecified atom stereocenters. The third-order valence-electron chi connectivity index (χ3n) is 3.62. The van der Waals surface area contributed by atoms with E-state index in [0.29, 0.717) is 15.9 Å². The van der Waals surface area contributed by atoms with Crippen molar-refractivity contribution >= 4 is 34.0 Å². The zero-order valence-corrected chi connectivity index (χ0v) is 14.8. The highest BCUT2D eigenvalue weighted by Crippen LogP contribution is 2.26. The zero-order chi connectivity index (χ0) is 17.1. The number of aromatic nitrogens is 4. The van der Waals surface area contributed by atoms with Crippen LogP contribution in [0.2, 0.25) is 4.34 Å². The molecule has 1 amide bonds. The van der Waals surface area contributed by atoms with E-state index in [9.17, 15) is 4.79 Å². The normalized spacial score (nSPS) is 12.1. The molecule has 1 N–H and O–H groups in total. The summed E-state index contributed by atoms with van der Waals surface area (Å²) in [6.07, 6.45) is 7.59. The van der Waals surface area contributed by atoms with Crippen LogP contribution in [0.4, 0.5) is 5.13 Å². The van der Waals surface area contributed by atoms with Crippen molar-refractivity contribution in [2.45, 2.75) is 19.3 Å². The summed E-state index contributed by atoms with van der Waals surface area (Å²) in [6.45, 7) is 1.97. The van der Waals surface area contributed by atoms with Crippen LogP contribution in [-0.4, -0.2) is 25.7 Å². The maximum absolute atomic E-state index is 12.5. The Labute approximate surface area is 148 Å². The fourth-order valence-corrected chi connectivity index (χ4v) is 3.23. The number of nitrogens with zero attached hydrogens (tertiary/aromatic N) is 4. The fraction of sp³-hybridized carbons (Fsp3) is 0.250. The molecule has 3 aromatic heterocycles. The molecule has 0 aliphatic rings. The number of amides is 1. The number of hydrogen-bond acceptors (Lipinski definition) is 5. The van der Waals surface area contributed by atoms with Gasteiger partial charge in [-0.15, -0.1) is 0 Å². The molecule has 0 aliphatic carbocycles. The zero-order valence-electron chi connectivity index (χ0n) is 13.2. The van der Waals surface area contributed by atoms with Crippen molar-refractivity contribution in [2.24, 2.45) is 7.05 Å². The quantitative estimate of drug-likeness (QED) is 0.751. The van der Waals surface area contributed by atoms with E-state index in [1.54, 1.807) is 17.1 Å². The highest BCUT2D eigenvalue weighted by molar-refractivity contribution is 7.19. The molecule has 24 heavy (non-hydrogen) atoms. The Balaban J connectivity index is 1.76. The van der Waals surface area contributed by atoms with Gasteiger partial charge in [0.2, 0.25) is 5.91 Å². The maximum atomic E-state index is 12.5. The molecule has 0 fully saturated rings. The fourth-order valence-electron chi connectivity index (χ4n) is 2.41. The molecule has 3 aromatic rings. The summed E-state index contributed by atoms with van der Waals surface area (Å²) in [7, 11) is 1.86. The first kappa shape index (κ1) is 16.6. The van der Waals surface area contributed by atoms with E-state index in [1.165, 1.54) is 17.5 Å². The minimum atomic E-state index is -0.289. The van der Waals surface area contributed by atoms with Gasteiger partial charge in [0.25, 0.3) is 0 Å². The molecule has 8 heteroatoms. The molecule has 3 rings (SSSR count). The number of pyridine rings is 1. The van der Waals surface area contributed by atoms with E-state index in [1.807, 2.05) is 32.3 Å². The van der Waals surface area contributed by atoms with E-state index in [0.717, 1.165) is 16.8 Å². The number of hydrogen-bond donors (Lipinski definition) is 1. The Bertz CT molecular complexity index is 842. The Morgan fingerprint density at radius 2 is 2.17 bits per heavy atom. The number of anilines is 1. The Hall–Kier alpha value is -2.25. The molecule has 0 spiro atoms.